The van der Waals surface area contributed by atoms with E-state index < -0.39 is 17.3 Å². The second-order valence-electron chi connectivity index (χ2n) is 3.02. The molecule has 0 fully saturated rings. The second-order valence-corrected chi connectivity index (χ2v) is 3.02. The van der Waals surface area contributed by atoms with Gasteiger partial charge < -0.3 is 0 Å². The Bertz CT molecular complexity index is 300. The van der Waals surface area contributed by atoms with E-state index in [4.69, 9.17) is 0 Å². The van der Waals surface area contributed by atoms with Crippen molar-refractivity contribution in [2.24, 2.45) is 0 Å². The fraction of sp³-hybridized carbons (Fsp3) is 0.400. The molecule has 0 atom stereocenters. The lowest BCUT2D eigenvalue weighted by atomic mass is 10.0. The van der Waals surface area contributed by atoms with E-state index in [0.29, 0.717) is 18.9 Å². The van der Waals surface area contributed by atoms with Crippen molar-refractivity contribution >= 4 is 0 Å². The maximum atomic E-state index is 13.3. The molecule has 0 unspecified atom stereocenters. The zero-order chi connectivity index (χ0) is 10.1. The number of alkyl halides is 2. The van der Waals surface area contributed by atoms with Crippen LogP contribution in [0.3, 0.4) is 0 Å². The van der Waals surface area contributed by atoms with Crippen LogP contribution in [0.15, 0.2) is 18.2 Å². The molecule has 0 aliphatic heterocycles. The van der Waals surface area contributed by atoms with E-state index in [0.717, 1.165) is 6.07 Å². The van der Waals surface area contributed by atoms with Crippen molar-refractivity contribution in [2.75, 3.05) is 0 Å². The first-order valence-electron chi connectivity index (χ1n) is 4.12. The average molecular weight is 188 g/mol. The van der Waals surface area contributed by atoms with E-state index in [2.05, 4.69) is 0 Å². The van der Waals surface area contributed by atoms with E-state index >= 15 is 0 Å². The first kappa shape index (κ1) is 10.1. The van der Waals surface area contributed by atoms with Crippen LogP contribution in [0.25, 0.3) is 0 Å². The topological polar surface area (TPSA) is 0 Å². The standard InChI is InChI=1S/C10H11F3/c1-3-7-5-4-6-8(9(7)11)10(2,12)13/h4-6H,3H2,1-2H3. The SMILES string of the molecule is CCc1cccc(C(C)(F)F)c1F. The highest BCUT2D eigenvalue weighted by Gasteiger charge is 2.28. The Morgan fingerprint density at radius 3 is 2.38 bits per heavy atom. The van der Waals surface area contributed by atoms with Gasteiger partial charge in [0.1, 0.15) is 5.82 Å². The molecule has 0 amide bonds. The zero-order valence-corrected chi connectivity index (χ0v) is 7.57. The van der Waals surface area contributed by atoms with E-state index in [1.165, 1.54) is 12.1 Å². The molecule has 0 aliphatic rings. The molecule has 0 aromatic heterocycles. The number of aryl methyl sites for hydroxylation is 1. The Kier molecular flexibility index (Phi) is 2.64. The van der Waals surface area contributed by atoms with Crippen molar-refractivity contribution in [1.82, 2.24) is 0 Å². The lowest BCUT2D eigenvalue weighted by Gasteiger charge is -2.13. The van der Waals surface area contributed by atoms with Gasteiger partial charge in [-0.25, -0.2) is 13.2 Å². The Labute approximate surface area is 75.4 Å². The quantitative estimate of drug-likeness (QED) is 0.666. The third kappa shape index (κ3) is 2.02. The maximum Gasteiger partial charge on any atom is 0.273 e. The maximum absolute atomic E-state index is 13.3. The summed E-state index contributed by atoms with van der Waals surface area (Å²) in [6.45, 7) is 2.43. The highest BCUT2D eigenvalue weighted by atomic mass is 19.3. The molecule has 0 N–H and O–H groups in total. The first-order chi connectivity index (χ1) is 5.96. The predicted octanol–water partition coefficient (Wildman–Crippen LogP) is 3.50. The van der Waals surface area contributed by atoms with E-state index in [1.54, 1.807) is 6.92 Å². The first-order valence-corrected chi connectivity index (χ1v) is 4.12. The molecule has 72 valence electrons. The van der Waals surface area contributed by atoms with Gasteiger partial charge >= 0.3 is 0 Å². The molecule has 1 aromatic rings. The van der Waals surface area contributed by atoms with Gasteiger partial charge in [0.25, 0.3) is 5.92 Å². The summed E-state index contributed by atoms with van der Waals surface area (Å²) < 4.78 is 38.9. The van der Waals surface area contributed by atoms with Gasteiger partial charge in [-0.2, -0.15) is 0 Å². The zero-order valence-electron chi connectivity index (χ0n) is 7.57. The van der Waals surface area contributed by atoms with Crippen LogP contribution in [0.5, 0.6) is 0 Å². The highest BCUT2D eigenvalue weighted by molar-refractivity contribution is 5.28. The van der Waals surface area contributed by atoms with Crippen molar-refractivity contribution in [2.45, 2.75) is 26.2 Å². The number of rotatable bonds is 2. The van der Waals surface area contributed by atoms with E-state index in [-0.39, 0.29) is 0 Å². The monoisotopic (exact) mass is 188 g/mol. The molecule has 0 saturated carbocycles. The van der Waals surface area contributed by atoms with Gasteiger partial charge in [0.05, 0.1) is 5.56 Å². The van der Waals surface area contributed by atoms with Gasteiger partial charge in [-0.1, -0.05) is 25.1 Å². The highest BCUT2D eigenvalue weighted by Crippen LogP contribution is 2.30. The Morgan fingerprint density at radius 1 is 1.31 bits per heavy atom. The molecular formula is C10H11F3. The van der Waals surface area contributed by atoms with Gasteiger partial charge in [-0.15, -0.1) is 0 Å². The smallest absolute Gasteiger partial charge is 0.206 e. The largest absolute Gasteiger partial charge is 0.273 e. The molecule has 0 heterocycles. The molecule has 0 aliphatic carbocycles. The minimum Gasteiger partial charge on any atom is -0.206 e. The summed E-state index contributed by atoms with van der Waals surface area (Å²) in [5.41, 5.74) is -0.189. The van der Waals surface area contributed by atoms with Crippen molar-refractivity contribution < 1.29 is 13.2 Å². The Morgan fingerprint density at radius 2 is 1.92 bits per heavy atom. The van der Waals surface area contributed by atoms with Gasteiger partial charge in [0, 0.05) is 6.92 Å². The van der Waals surface area contributed by atoms with Crippen LogP contribution in [0.1, 0.15) is 25.0 Å². The van der Waals surface area contributed by atoms with Crippen LogP contribution in [0.2, 0.25) is 0 Å². The Balaban J connectivity index is 3.24. The number of benzene rings is 1. The average Bonchev–Trinajstić information content (AvgIpc) is 2.02. The lowest BCUT2D eigenvalue weighted by Crippen LogP contribution is -2.11. The van der Waals surface area contributed by atoms with Crippen molar-refractivity contribution in [1.29, 1.82) is 0 Å². The van der Waals surface area contributed by atoms with Crippen LogP contribution in [-0.4, -0.2) is 0 Å². The summed E-state index contributed by atoms with van der Waals surface area (Å²) in [5, 5.41) is 0. The minimum absolute atomic E-state index is 0.332. The summed E-state index contributed by atoms with van der Waals surface area (Å²) in [6, 6.07) is 4.09. The summed E-state index contributed by atoms with van der Waals surface area (Å²) in [7, 11) is 0. The molecule has 3 heteroatoms. The fourth-order valence-corrected chi connectivity index (χ4v) is 1.19. The van der Waals surface area contributed by atoms with Gasteiger partial charge in [-0.3, -0.25) is 0 Å². The van der Waals surface area contributed by atoms with Crippen LogP contribution in [-0.2, 0) is 12.3 Å². The van der Waals surface area contributed by atoms with Crippen LogP contribution < -0.4 is 0 Å². The molecule has 0 spiro atoms. The third-order valence-corrected chi connectivity index (χ3v) is 1.93. The molecule has 0 nitrogen and oxygen atoms in total. The van der Waals surface area contributed by atoms with Crippen molar-refractivity contribution in [3.05, 3.63) is 35.1 Å². The molecule has 13 heavy (non-hydrogen) atoms. The van der Waals surface area contributed by atoms with Gasteiger partial charge in [0.2, 0.25) is 0 Å². The van der Waals surface area contributed by atoms with Crippen molar-refractivity contribution in [3.8, 4) is 0 Å². The summed E-state index contributed by atoms with van der Waals surface area (Å²) in [4.78, 5) is 0. The van der Waals surface area contributed by atoms with E-state index in [1.807, 2.05) is 0 Å². The predicted molar refractivity (Wildman–Crippen MR) is 45.3 cm³/mol. The normalized spacial score (nSPS) is 11.8. The Hall–Kier alpha value is -0.990. The minimum atomic E-state index is -3.10. The molecule has 0 saturated heterocycles. The number of hydrogen-bond donors (Lipinski definition) is 0. The molecule has 0 bridgehead atoms. The fourth-order valence-electron chi connectivity index (χ4n) is 1.19. The molecular weight excluding hydrogens is 177 g/mol. The summed E-state index contributed by atoms with van der Waals surface area (Å²) in [6.07, 6.45) is 0.426. The van der Waals surface area contributed by atoms with Crippen LogP contribution >= 0.6 is 0 Å². The van der Waals surface area contributed by atoms with Crippen LogP contribution in [0, 0.1) is 5.82 Å². The van der Waals surface area contributed by atoms with Gasteiger partial charge in [0.15, 0.2) is 0 Å². The second kappa shape index (κ2) is 3.40. The third-order valence-electron chi connectivity index (χ3n) is 1.93. The lowest BCUT2D eigenvalue weighted by molar-refractivity contribution is 0.0136. The van der Waals surface area contributed by atoms with Crippen LogP contribution in [0.4, 0.5) is 13.2 Å². The molecule has 0 radical (unpaired) electrons. The molecule has 1 aromatic carbocycles. The van der Waals surface area contributed by atoms with Gasteiger partial charge in [-0.05, 0) is 12.0 Å². The summed E-state index contributed by atoms with van der Waals surface area (Å²) in [5.74, 6) is -3.88. The number of halogens is 3. The molecule has 1 rings (SSSR count). The number of hydrogen-bond acceptors (Lipinski definition) is 0. The van der Waals surface area contributed by atoms with E-state index in [9.17, 15) is 13.2 Å². The van der Waals surface area contributed by atoms with Crippen molar-refractivity contribution in [3.63, 3.8) is 0 Å². The summed E-state index contributed by atoms with van der Waals surface area (Å²) >= 11 is 0.